The van der Waals surface area contributed by atoms with Crippen molar-refractivity contribution in [1.82, 2.24) is 4.57 Å². The number of thiophene rings is 1. The molecule has 1 aliphatic rings. The van der Waals surface area contributed by atoms with Gasteiger partial charge in [0.25, 0.3) is 5.91 Å². The van der Waals surface area contributed by atoms with E-state index in [1.165, 1.54) is 11.8 Å². The molecule has 1 aliphatic heterocycles. The fourth-order valence-corrected chi connectivity index (χ4v) is 5.62. The van der Waals surface area contributed by atoms with Crippen LogP contribution in [0.15, 0.2) is 48.8 Å². The molecule has 3 heterocycles. The minimum atomic E-state index is -0.141. The third-order valence-electron chi connectivity index (χ3n) is 4.31. The van der Waals surface area contributed by atoms with E-state index >= 15 is 0 Å². The average Bonchev–Trinajstić information content (AvgIpc) is 3.29. The van der Waals surface area contributed by atoms with E-state index in [2.05, 4.69) is 10.6 Å². The molecule has 0 unspecified atom stereocenters. The molecule has 3 aromatic rings. The summed E-state index contributed by atoms with van der Waals surface area (Å²) in [5.41, 5.74) is 3.25. The van der Waals surface area contributed by atoms with Crippen molar-refractivity contribution >= 4 is 46.3 Å². The topological polar surface area (TPSA) is 63.1 Å². The zero-order valence-corrected chi connectivity index (χ0v) is 16.5. The summed E-state index contributed by atoms with van der Waals surface area (Å²) < 4.78 is 2.01. The molecule has 0 radical (unpaired) electrons. The van der Waals surface area contributed by atoms with Gasteiger partial charge in [-0.2, -0.15) is 11.8 Å². The average molecular weight is 398 g/mol. The van der Waals surface area contributed by atoms with Crippen molar-refractivity contribution in [2.24, 2.45) is 0 Å². The first-order valence-corrected chi connectivity index (χ1v) is 10.6. The lowest BCUT2D eigenvalue weighted by Gasteiger charge is -2.13. The highest BCUT2D eigenvalue weighted by molar-refractivity contribution is 7.98. The second kappa shape index (κ2) is 7.62. The molecule has 0 fully saturated rings. The van der Waals surface area contributed by atoms with E-state index in [1.807, 2.05) is 53.0 Å². The number of nitrogens with zero attached hydrogens (tertiary/aromatic N) is 1. The second-order valence-corrected chi connectivity index (χ2v) is 8.48. The molecule has 2 amide bonds. The lowest BCUT2D eigenvalue weighted by molar-refractivity contribution is -0.114. The summed E-state index contributed by atoms with van der Waals surface area (Å²) in [5.74, 6) is 1.74. The number of benzene rings is 1. The predicted molar refractivity (Wildman–Crippen MR) is 112 cm³/mol. The Kier molecular flexibility index (Phi) is 5.05. The van der Waals surface area contributed by atoms with Crippen LogP contribution in [-0.4, -0.2) is 22.1 Å². The fraction of sp³-hybridized carbons (Fsp3) is 0.200. The number of thioether (sulfide) groups is 1. The molecular formula is C20H19N3O2S2. The number of rotatable bonds is 4. The Bertz CT molecular complexity index is 993. The Morgan fingerprint density at radius 2 is 1.81 bits per heavy atom. The fourth-order valence-electron chi connectivity index (χ4n) is 3.18. The van der Waals surface area contributed by atoms with Crippen molar-refractivity contribution in [2.75, 3.05) is 16.4 Å². The number of aromatic nitrogens is 1. The Morgan fingerprint density at radius 1 is 1.07 bits per heavy atom. The largest absolute Gasteiger partial charge is 0.326 e. The van der Waals surface area contributed by atoms with Gasteiger partial charge in [-0.05, 0) is 48.1 Å². The number of nitrogens with one attached hydrogen (secondary N) is 2. The molecule has 0 saturated heterocycles. The van der Waals surface area contributed by atoms with Crippen LogP contribution in [0, 0.1) is 0 Å². The maximum absolute atomic E-state index is 13.2. The van der Waals surface area contributed by atoms with E-state index in [0.29, 0.717) is 11.4 Å². The van der Waals surface area contributed by atoms with Crippen LogP contribution in [0.2, 0.25) is 0 Å². The summed E-state index contributed by atoms with van der Waals surface area (Å²) in [5, 5.41) is 6.71. The molecule has 0 bridgehead atoms. The number of fused-ring (bicyclic) bond motifs is 1. The first-order chi connectivity index (χ1) is 13.1. The third-order valence-corrected chi connectivity index (χ3v) is 6.72. The van der Waals surface area contributed by atoms with Crippen LogP contribution in [0.4, 0.5) is 11.4 Å². The first kappa shape index (κ1) is 17.9. The van der Waals surface area contributed by atoms with E-state index in [-0.39, 0.29) is 11.8 Å². The minimum Gasteiger partial charge on any atom is -0.326 e. The number of hydrogen-bond donors (Lipinski definition) is 2. The standard InChI is InChI=1S/C20H19N3O2S2/c1-13(24)21-14-5-4-6-15(11-14)22-19(25)18-16-7-10-26-12-17(16)27-20(18)23-8-2-3-9-23/h2-6,8-9,11H,7,10,12H2,1H3,(H,21,24)(H,22,25). The van der Waals surface area contributed by atoms with Crippen LogP contribution in [0.5, 0.6) is 0 Å². The van der Waals surface area contributed by atoms with Gasteiger partial charge < -0.3 is 15.2 Å². The van der Waals surface area contributed by atoms with Gasteiger partial charge >= 0.3 is 0 Å². The number of carbonyl (C=O) groups excluding carboxylic acids is 2. The van der Waals surface area contributed by atoms with Gasteiger partial charge in [0.05, 0.1) is 5.56 Å². The quantitative estimate of drug-likeness (QED) is 0.679. The van der Waals surface area contributed by atoms with Crippen molar-refractivity contribution in [1.29, 1.82) is 0 Å². The highest BCUT2D eigenvalue weighted by Crippen LogP contribution is 2.38. The van der Waals surface area contributed by atoms with Crippen LogP contribution in [-0.2, 0) is 17.0 Å². The highest BCUT2D eigenvalue weighted by atomic mass is 32.2. The van der Waals surface area contributed by atoms with Crippen LogP contribution < -0.4 is 10.6 Å². The summed E-state index contributed by atoms with van der Waals surface area (Å²) in [6.45, 7) is 1.46. The number of hydrogen-bond acceptors (Lipinski definition) is 4. The van der Waals surface area contributed by atoms with Gasteiger partial charge in [0.2, 0.25) is 5.91 Å². The number of carbonyl (C=O) groups is 2. The van der Waals surface area contributed by atoms with Gasteiger partial charge in [-0.1, -0.05) is 6.07 Å². The molecule has 27 heavy (non-hydrogen) atoms. The molecule has 2 aromatic heterocycles. The lowest BCUT2D eigenvalue weighted by atomic mass is 10.1. The van der Waals surface area contributed by atoms with E-state index in [0.717, 1.165) is 34.1 Å². The summed E-state index contributed by atoms with van der Waals surface area (Å²) >= 11 is 3.60. The van der Waals surface area contributed by atoms with Crippen molar-refractivity contribution in [3.8, 4) is 5.00 Å². The molecule has 0 atom stereocenters. The van der Waals surface area contributed by atoms with Crippen molar-refractivity contribution < 1.29 is 9.59 Å². The number of amides is 2. The van der Waals surface area contributed by atoms with Crippen molar-refractivity contribution in [3.05, 3.63) is 64.8 Å². The maximum atomic E-state index is 13.2. The van der Waals surface area contributed by atoms with E-state index in [4.69, 9.17) is 0 Å². The molecule has 7 heteroatoms. The molecule has 2 N–H and O–H groups in total. The van der Waals surface area contributed by atoms with Crippen LogP contribution in [0.3, 0.4) is 0 Å². The van der Waals surface area contributed by atoms with E-state index in [1.54, 1.807) is 23.5 Å². The SMILES string of the molecule is CC(=O)Nc1cccc(NC(=O)c2c(-n3cccc3)sc3c2CCSC3)c1. The monoisotopic (exact) mass is 397 g/mol. The Balaban J connectivity index is 1.68. The van der Waals surface area contributed by atoms with E-state index in [9.17, 15) is 9.59 Å². The normalized spacial score (nSPS) is 13.1. The summed E-state index contributed by atoms with van der Waals surface area (Å²) in [7, 11) is 0. The smallest absolute Gasteiger partial charge is 0.258 e. The summed E-state index contributed by atoms with van der Waals surface area (Å²) in [6, 6.07) is 11.1. The zero-order valence-electron chi connectivity index (χ0n) is 14.8. The third kappa shape index (κ3) is 3.79. The van der Waals surface area contributed by atoms with Gasteiger partial charge in [-0.15, -0.1) is 11.3 Å². The molecule has 0 saturated carbocycles. The summed E-state index contributed by atoms with van der Waals surface area (Å²) in [4.78, 5) is 25.7. The van der Waals surface area contributed by atoms with Gasteiger partial charge in [0, 0.05) is 41.3 Å². The summed E-state index contributed by atoms with van der Waals surface area (Å²) in [6.07, 6.45) is 4.85. The van der Waals surface area contributed by atoms with Crippen molar-refractivity contribution in [2.45, 2.75) is 19.1 Å². The van der Waals surface area contributed by atoms with Crippen molar-refractivity contribution in [3.63, 3.8) is 0 Å². The Hall–Kier alpha value is -2.51. The number of anilines is 2. The highest BCUT2D eigenvalue weighted by Gasteiger charge is 2.26. The van der Waals surface area contributed by atoms with Gasteiger partial charge in [-0.3, -0.25) is 9.59 Å². The zero-order chi connectivity index (χ0) is 18.8. The molecular weight excluding hydrogens is 378 g/mol. The Labute approximate surface area is 165 Å². The lowest BCUT2D eigenvalue weighted by Crippen LogP contribution is -2.17. The minimum absolute atomic E-state index is 0.108. The molecule has 138 valence electrons. The molecule has 4 rings (SSSR count). The van der Waals surface area contributed by atoms with E-state index < -0.39 is 0 Å². The maximum Gasteiger partial charge on any atom is 0.258 e. The second-order valence-electron chi connectivity index (χ2n) is 6.29. The van der Waals surface area contributed by atoms with Crippen LogP contribution in [0.1, 0.15) is 27.7 Å². The first-order valence-electron chi connectivity index (χ1n) is 8.66. The molecule has 1 aromatic carbocycles. The van der Waals surface area contributed by atoms with Gasteiger partial charge in [0.1, 0.15) is 5.00 Å². The molecule has 0 spiro atoms. The predicted octanol–water partition coefficient (Wildman–Crippen LogP) is 4.54. The van der Waals surface area contributed by atoms with Crippen LogP contribution in [0.25, 0.3) is 5.00 Å². The Morgan fingerprint density at radius 3 is 2.56 bits per heavy atom. The van der Waals surface area contributed by atoms with Crippen LogP contribution >= 0.6 is 23.1 Å². The van der Waals surface area contributed by atoms with Gasteiger partial charge in [0.15, 0.2) is 0 Å². The molecule has 0 aliphatic carbocycles. The van der Waals surface area contributed by atoms with Gasteiger partial charge in [-0.25, -0.2) is 0 Å². The molecule has 5 nitrogen and oxygen atoms in total.